The first-order valence-electron chi connectivity index (χ1n) is 6.79. The van der Waals surface area contributed by atoms with E-state index in [1.807, 2.05) is 19.1 Å². The van der Waals surface area contributed by atoms with Crippen LogP contribution < -0.4 is 5.73 Å². The van der Waals surface area contributed by atoms with Crippen molar-refractivity contribution in [2.75, 3.05) is 5.75 Å². The van der Waals surface area contributed by atoms with E-state index in [9.17, 15) is 4.21 Å². The molecule has 1 aromatic carbocycles. The molecule has 0 saturated heterocycles. The Morgan fingerprint density at radius 1 is 1.33 bits per heavy atom. The first-order valence-corrected chi connectivity index (χ1v) is 8.11. The lowest BCUT2D eigenvalue weighted by molar-refractivity contribution is 0.460. The molecule has 1 aliphatic rings. The molecular weight excluding hydrogens is 242 g/mol. The average molecular weight is 265 g/mol. The van der Waals surface area contributed by atoms with Crippen LogP contribution in [0.5, 0.6) is 0 Å². The average Bonchev–Trinajstić information content (AvgIpc) is 2.81. The van der Waals surface area contributed by atoms with Gasteiger partial charge in [-0.25, -0.2) is 0 Å². The molecule has 3 heteroatoms. The minimum atomic E-state index is -0.954. The Hall–Kier alpha value is -0.670. The Morgan fingerprint density at radius 2 is 2.00 bits per heavy atom. The normalized spacial score (nSPS) is 19.9. The van der Waals surface area contributed by atoms with Crippen LogP contribution in [0.1, 0.15) is 36.8 Å². The summed E-state index contributed by atoms with van der Waals surface area (Å²) in [5, 5.41) is 0. The molecule has 100 valence electrons. The molecule has 18 heavy (non-hydrogen) atoms. The highest BCUT2D eigenvalue weighted by atomic mass is 32.2. The maximum absolute atomic E-state index is 12.4. The van der Waals surface area contributed by atoms with Crippen molar-refractivity contribution in [1.29, 1.82) is 0 Å². The maximum Gasteiger partial charge on any atom is 0.0547 e. The second-order valence-electron chi connectivity index (χ2n) is 5.49. The molecule has 0 bridgehead atoms. The molecule has 2 N–H and O–H groups in total. The van der Waals surface area contributed by atoms with Crippen LogP contribution >= 0.6 is 0 Å². The van der Waals surface area contributed by atoms with Gasteiger partial charge >= 0.3 is 0 Å². The van der Waals surface area contributed by atoms with E-state index in [2.05, 4.69) is 13.0 Å². The summed E-state index contributed by atoms with van der Waals surface area (Å²) in [4.78, 5) is 0.953. The molecule has 0 radical (unpaired) electrons. The number of benzene rings is 1. The lowest BCUT2D eigenvalue weighted by atomic mass is 10.0. The van der Waals surface area contributed by atoms with Crippen LogP contribution in [0, 0.1) is 19.8 Å². The third-order valence-corrected chi connectivity index (χ3v) is 5.56. The fraction of sp³-hybridized carbons (Fsp3) is 0.600. The van der Waals surface area contributed by atoms with Crippen LogP contribution in [0.15, 0.2) is 23.1 Å². The Kier molecular flexibility index (Phi) is 4.57. The molecule has 2 atom stereocenters. The summed E-state index contributed by atoms with van der Waals surface area (Å²) in [6.07, 6.45) is 5.00. The van der Waals surface area contributed by atoms with Crippen molar-refractivity contribution < 1.29 is 4.21 Å². The lowest BCUT2D eigenvalue weighted by Gasteiger charge is -2.18. The smallest absolute Gasteiger partial charge is 0.0547 e. The predicted molar refractivity (Wildman–Crippen MR) is 77.1 cm³/mol. The Morgan fingerprint density at radius 3 is 2.61 bits per heavy atom. The first kappa shape index (κ1) is 13.8. The first-order chi connectivity index (χ1) is 8.58. The van der Waals surface area contributed by atoms with Gasteiger partial charge in [0.1, 0.15) is 0 Å². The lowest BCUT2D eigenvalue weighted by Crippen LogP contribution is -2.34. The van der Waals surface area contributed by atoms with Gasteiger partial charge in [-0.1, -0.05) is 30.5 Å². The molecule has 0 heterocycles. The zero-order valence-corrected chi connectivity index (χ0v) is 12.1. The van der Waals surface area contributed by atoms with Crippen molar-refractivity contribution in [2.45, 2.75) is 50.5 Å². The summed E-state index contributed by atoms with van der Waals surface area (Å²) in [6, 6.07) is 6.20. The van der Waals surface area contributed by atoms with Gasteiger partial charge in [0.25, 0.3) is 0 Å². The second-order valence-corrected chi connectivity index (χ2v) is 6.95. The van der Waals surface area contributed by atoms with Crippen LogP contribution in [0.25, 0.3) is 0 Å². The molecule has 1 saturated carbocycles. The van der Waals surface area contributed by atoms with Crippen molar-refractivity contribution >= 4 is 10.8 Å². The summed E-state index contributed by atoms with van der Waals surface area (Å²) in [5.41, 5.74) is 8.54. The quantitative estimate of drug-likeness (QED) is 0.909. The van der Waals surface area contributed by atoms with Crippen molar-refractivity contribution in [2.24, 2.45) is 11.7 Å². The fourth-order valence-electron chi connectivity index (χ4n) is 2.84. The van der Waals surface area contributed by atoms with Crippen LogP contribution in [0.3, 0.4) is 0 Å². The number of hydrogen-bond donors (Lipinski definition) is 1. The Labute approximate surface area is 112 Å². The Bertz CT molecular complexity index is 438. The van der Waals surface area contributed by atoms with Crippen molar-refractivity contribution in [3.05, 3.63) is 29.3 Å². The van der Waals surface area contributed by atoms with Gasteiger partial charge < -0.3 is 5.73 Å². The summed E-state index contributed by atoms with van der Waals surface area (Å²) < 4.78 is 12.4. The highest BCUT2D eigenvalue weighted by molar-refractivity contribution is 7.85. The van der Waals surface area contributed by atoms with Crippen molar-refractivity contribution in [3.63, 3.8) is 0 Å². The monoisotopic (exact) mass is 265 g/mol. The molecule has 0 aromatic heterocycles. The van der Waals surface area contributed by atoms with Crippen LogP contribution in [0.4, 0.5) is 0 Å². The number of rotatable bonds is 4. The third-order valence-electron chi connectivity index (χ3n) is 3.92. The third kappa shape index (κ3) is 3.21. The van der Waals surface area contributed by atoms with E-state index in [4.69, 9.17) is 5.73 Å². The number of aryl methyl sites for hydroxylation is 2. The minimum absolute atomic E-state index is 0.0917. The SMILES string of the molecule is Cc1ccc(S(=O)CC(N)C2CCCC2)c(C)c1. The summed E-state index contributed by atoms with van der Waals surface area (Å²) >= 11 is 0. The highest BCUT2D eigenvalue weighted by Crippen LogP contribution is 2.28. The van der Waals surface area contributed by atoms with E-state index in [0.29, 0.717) is 11.7 Å². The van der Waals surface area contributed by atoms with Gasteiger partial charge in [-0.3, -0.25) is 4.21 Å². The van der Waals surface area contributed by atoms with Gasteiger partial charge in [-0.2, -0.15) is 0 Å². The molecule has 0 amide bonds. The molecule has 2 unspecified atom stereocenters. The molecule has 0 aliphatic heterocycles. The molecule has 2 nitrogen and oxygen atoms in total. The van der Waals surface area contributed by atoms with Gasteiger partial charge in [0.05, 0.1) is 10.8 Å². The van der Waals surface area contributed by atoms with E-state index in [1.165, 1.54) is 31.2 Å². The summed E-state index contributed by atoms with van der Waals surface area (Å²) in [5.74, 6) is 1.19. The van der Waals surface area contributed by atoms with Crippen molar-refractivity contribution in [3.8, 4) is 0 Å². The Balaban J connectivity index is 2.02. The van der Waals surface area contributed by atoms with E-state index in [-0.39, 0.29) is 6.04 Å². The molecule has 1 fully saturated rings. The van der Waals surface area contributed by atoms with Crippen molar-refractivity contribution in [1.82, 2.24) is 0 Å². The van der Waals surface area contributed by atoms with E-state index in [0.717, 1.165) is 10.5 Å². The molecule has 2 rings (SSSR count). The van der Waals surface area contributed by atoms with E-state index in [1.54, 1.807) is 0 Å². The van der Waals surface area contributed by atoms with Gasteiger partial charge in [0.15, 0.2) is 0 Å². The van der Waals surface area contributed by atoms with Gasteiger partial charge in [-0.05, 0) is 44.2 Å². The molecule has 1 aromatic rings. The zero-order valence-electron chi connectivity index (χ0n) is 11.3. The van der Waals surface area contributed by atoms with Crippen LogP contribution in [-0.4, -0.2) is 16.0 Å². The fourth-order valence-corrected chi connectivity index (χ4v) is 4.28. The standard InChI is InChI=1S/C15H23NOS/c1-11-7-8-15(12(2)9-11)18(17)10-14(16)13-5-3-4-6-13/h7-9,13-14H,3-6,10,16H2,1-2H3. The zero-order chi connectivity index (χ0) is 13.1. The van der Waals surface area contributed by atoms with Gasteiger partial charge in [0.2, 0.25) is 0 Å². The largest absolute Gasteiger partial charge is 0.327 e. The topological polar surface area (TPSA) is 43.1 Å². The number of hydrogen-bond acceptors (Lipinski definition) is 2. The van der Waals surface area contributed by atoms with Crippen LogP contribution in [-0.2, 0) is 10.8 Å². The minimum Gasteiger partial charge on any atom is -0.327 e. The predicted octanol–water partition coefficient (Wildman–Crippen LogP) is 2.93. The van der Waals surface area contributed by atoms with E-state index >= 15 is 0 Å². The van der Waals surface area contributed by atoms with E-state index < -0.39 is 10.8 Å². The molecule has 1 aliphatic carbocycles. The van der Waals surface area contributed by atoms with Crippen LogP contribution in [0.2, 0.25) is 0 Å². The molecular formula is C15H23NOS. The molecule has 0 spiro atoms. The van der Waals surface area contributed by atoms with Gasteiger partial charge in [-0.15, -0.1) is 0 Å². The maximum atomic E-state index is 12.4. The summed E-state index contributed by atoms with van der Waals surface area (Å²) in [7, 11) is -0.954. The van der Waals surface area contributed by atoms with Gasteiger partial charge in [0, 0.05) is 16.7 Å². The second kappa shape index (κ2) is 5.98. The number of nitrogens with two attached hydrogens (primary N) is 1. The summed E-state index contributed by atoms with van der Waals surface area (Å²) in [6.45, 7) is 4.09. The highest BCUT2D eigenvalue weighted by Gasteiger charge is 2.24.